The molecule has 0 radical (unpaired) electrons. The highest BCUT2D eigenvalue weighted by Gasteiger charge is 2.42. The SMILES string of the molecule is C=CC(F)(F)C(O)c1c(F)c(F)c(F)c(F)c1F. The molecule has 0 amide bonds. The monoisotopic (exact) mass is 274 g/mol. The summed E-state index contributed by atoms with van der Waals surface area (Å²) in [5, 5.41) is 8.99. The zero-order valence-corrected chi connectivity index (χ0v) is 8.45. The molecule has 1 aromatic rings. The highest BCUT2D eigenvalue weighted by atomic mass is 19.3. The first-order chi connectivity index (χ1) is 8.15. The first-order valence-corrected chi connectivity index (χ1v) is 4.36. The third kappa shape index (κ3) is 2.07. The molecule has 0 spiro atoms. The Morgan fingerprint density at radius 3 is 1.56 bits per heavy atom. The van der Waals surface area contributed by atoms with E-state index in [-0.39, 0.29) is 6.08 Å². The topological polar surface area (TPSA) is 20.2 Å². The van der Waals surface area contributed by atoms with Gasteiger partial charge >= 0.3 is 0 Å². The molecule has 0 aliphatic rings. The smallest absolute Gasteiger partial charge is 0.295 e. The van der Waals surface area contributed by atoms with E-state index in [4.69, 9.17) is 5.11 Å². The van der Waals surface area contributed by atoms with Gasteiger partial charge in [-0.25, -0.2) is 22.0 Å². The van der Waals surface area contributed by atoms with Crippen LogP contribution < -0.4 is 0 Å². The zero-order chi connectivity index (χ0) is 14.2. The van der Waals surface area contributed by atoms with Crippen molar-refractivity contribution in [3.8, 4) is 0 Å². The third-order valence-corrected chi connectivity index (χ3v) is 2.15. The average Bonchev–Trinajstić information content (AvgIpc) is 2.34. The van der Waals surface area contributed by atoms with E-state index >= 15 is 0 Å². The summed E-state index contributed by atoms with van der Waals surface area (Å²) in [6, 6.07) is 0. The Hall–Kier alpha value is -1.57. The van der Waals surface area contributed by atoms with Gasteiger partial charge in [0, 0.05) is 0 Å². The number of aliphatic hydroxyl groups is 1. The molecule has 1 atom stereocenters. The predicted octanol–water partition coefficient (Wildman–Crippen LogP) is 3.24. The summed E-state index contributed by atoms with van der Waals surface area (Å²) in [4.78, 5) is 0. The van der Waals surface area contributed by atoms with E-state index in [9.17, 15) is 30.7 Å². The Labute approximate surface area is 96.2 Å². The summed E-state index contributed by atoms with van der Waals surface area (Å²) in [5.74, 6) is -16.6. The molecule has 8 heteroatoms. The van der Waals surface area contributed by atoms with Crippen molar-refractivity contribution in [2.75, 3.05) is 0 Å². The molecule has 0 aromatic heterocycles. The van der Waals surface area contributed by atoms with Gasteiger partial charge in [-0.1, -0.05) is 6.58 Å². The molecular formula is C10H5F7O. The van der Waals surface area contributed by atoms with E-state index in [1.165, 1.54) is 0 Å². The van der Waals surface area contributed by atoms with Gasteiger partial charge in [0.15, 0.2) is 29.4 Å². The fourth-order valence-electron chi connectivity index (χ4n) is 1.17. The van der Waals surface area contributed by atoms with Gasteiger partial charge in [0.05, 0.1) is 5.56 Å². The maximum atomic E-state index is 13.1. The second kappa shape index (κ2) is 4.60. The Bertz CT molecular complexity index is 468. The summed E-state index contributed by atoms with van der Waals surface area (Å²) in [7, 11) is 0. The minimum atomic E-state index is -4.25. The van der Waals surface area contributed by atoms with Gasteiger partial charge in [0.1, 0.15) is 0 Å². The summed E-state index contributed by atoms with van der Waals surface area (Å²) in [6.45, 7) is 2.58. The number of rotatable bonds is 3. The normalized spacial score (nSPS) is 13.6. The number of alkyl halides is 2. The molecule has 1 rings (SSSR count). The Morgan fingerprint density at radius 2 is 1.22 bits per heavy atom. The number of halogens is 7. The molecule has 1 nitrogen and oxygen atoms in total. The van der Waals surface area contributed by atoms with Crippen LogP contribution in [-0.2, 0) is 0 Å². The lowest BCUT2D eigenvalue weighted by Gasteiger charge is -2.20. The summed E-state index contributed by atoms with van der Waals surface area (Å²) < 4.78 is 90.0. The van der Waals surface area contributed by atoms with Crippen molar-refractivity contribution in [2.45, 2.75) is 12.0 Å². The van der Waals surface area contributed by atoms with Crippen LogP contribution in [0.1, 0.15) is 11.7 Å². The second-order valence-electron chi connectivity index (χ2n) is 3.26. The lowest BCUT2D eigenvalue weighted by atomic mass is 10.0. The summed E-state index contributed by atoms with van der Waals surface area (Å²) in [5.41, 5.74) is -2.00. The molecule has 100 valence electrons. The first kappa shape index (κ1) is 14.5. The van der Waals surface area contributed by atoms with Crippen molar-refractivity contribution in [3.05, 3.63) is 47.3 Å². The Balaban J connectivity index is 3.56. The van der Waals surface area contributed by atoms with Gasteiger partial charge < -0.3 is 5.11 Å². The molecule has 0 aliphatic heterocycles. The van der Waals surface area contributed by atoms with Crippen molar-refractivity contribution in [2.24, 2.45) is 0 Å². The molecule has 1 aromatic carbocycles. The standard InChI is InChI=1S/C10H5F7O/c1-2-10(16,17)9(18)3-4(11)6(13)8(15)7(14)5(3)12/h2,9,18H,1H2. The largest absolute Gasteiger partial charge is 0.381 e. The van der Waals surface area contributed by atoms with Gasteiger partial charge in [-0.15, -0.1) is 0 Å². The average molecular weight is 274 g/mol. The maximum Gasteiger partial charge on any atom is 0.295 e. The van der Waals surface area contributed by atoms with Crippen LogP contribution in [0.5, 0.6) is 0 Å². The lowest BCUT2D eigenvalue weighted by Crippen LogP contribution is -2.26. The van der Waals surface area contributed by atoms with Crippen molar-refractivity contribution >= 4 is 0 Å². The molecule has 18 heavy (non-hydrogen) atoms. The van der Waals surface area contributed by atoms with E-state index in [1.807, 2.05) is 0 Å². The molecule has 1 unspecified atom stereocenters. The molecule has 0 aliphatic carbocycles. The van der Waals surface area contributed by atoms with Gasteiger partial charge in [-0.05, 0) is 6.08 Å². The summed E-state index contributed by atoms with van der Waals surface area (Å²) in [6.07, 6.45) is -3.41. The van der Waals surface area contributed by atoms with E-state index in [1.54, 1.807) is 0 Å². The predicted molar refractivity (Wildman–Crippen MR) is 46.3 cm³/mol. The van der Waals surface area contributed by atoms with Crippen LogP contribution in [0.2, 0.25) is 0 Å². The molecule has 0 heterocycles. The van der Waals surface area contributed by atoms with Crippen molar-refractivity contribution in [1.82, 2.24) is 0 Å². The van der Waals surface area contributed by atoms with Gasteiger partial charge in [0.25, 0.3) is 5.92 Å². The maximum absolute atomic E-state index is 13.1. The fraction of sp³-hybridized carbons (Fsp3) is 0.200. The van der Waals surface area contributed by atoms with Crippen LogP contribution >= 0.6 is 0 Å². The van der Waals surface area contributed by atoms with Crippen molar-refractivity contribution in [1.29, 1.82) is 0 Å². The zero-order valence-electron chi connectivity index (χ0n) is 8.45. The van der Waals surface area contributed by atoms with Crippen LogP contribution in [0.3, 0.4) is 0 Å². The van der Waals surface area contributed by atoms with Crippen LogP contribution in [0.4, 0.5) is 30.7 Å². The van der Waals surface area contributed by atoms with Gasteiger partial charge in [-0.3, -0.25) is 0 Å². The Kier molecular flexibility index (Phi) is 3.70. The third-order valence-electron chi connectivity index (χ3n) is 2.15. The summed E-state index contributed by atoms with van der Waals surface area (Å²) >= 11 is 0. The highest BCUT2D eigenvalue weighted by Crippen LogP contribution is 2.37. The fourth-order valence-corrected chi connectivity index (χ4v) is 1.17. The minimum Gasteiger partial charge on any atom is -0.381 e. The molecule has 1 N–H and O–H groups in total. The highest BCUT2D eigenvalue weighted by molar-refractivity contribution is 5.28. The molecule has 0 saturated carbocycles. The van der Waals surface area contributed by atoms with Crippen LogP contribution in [0.15, 0.2) is 12.7 Å². The van der Waals surface area contributed by atoms with Crippen LogP contribution in [0, 0.1) is 29.1 Å². The number of benzene rings is 1. The molecule has 0 bridgehead atoms. The van der Waals surface area contributed by atoms with Gasteiger partial charge in [-0.2, -0.15) is 8.78 Å². The van der Waals surface area contributed by atoms with Crippen molar-refractivity contribution in [3.63, 3.8) is 0 Å². The van der Waals surface area contributed by atoms with E-state index in [0.29, 0.717) is 0 Å². The Morgan fingerprint density at radius 1 is 0.889 bits per heavy atom. The lowest BCUT2D eigenvalue weighted by molar-refractivity contribution is -0.0748. The minimum absolute atomic E-state index is 0.171. The number of hydrogen-bond acceptors (Lipinski definition) is 1. The number of hydrogen-bond donors (Lipinski definition) is 1. The molecule has 0 fully saturated rings. The van der Waals surface area contributed by atoms with E-state index in [2.05, 4.69) is 6.58 Å². The van der Waals surface area contributed by atoms with Crippen LogP contribution in [-0.4, -0.2) is 11.0 Å². The quantitative estimate of drug-likeness (QED) is 0.388. The second-order valence-corrected chi connectivity index (χ2v) is 3.26. The van der Waals surface area contributed by atoms with Crippen LogP contribution in [0.25, 0.3) is 0 Å². The first-order valence-electron chi connectivity index (χ1n) is 4.36. The molecular weight excluding hydrogens is 269 g/mol. The van der Waals surface area contributed by atoms with E-state index < -0.39 is 46.7 Å². The van der Waals surface area contributed by atoms with Gasteiger partial charge in [0.2, 0.25) is 5.82 Å². The molecule has 0 saturated heterocycles. The van der Waals surface area contributed by atoms with Crippen molar-refractivity contribution < 1.29 is 35.8 Å². The van der Waals surface area contributed by atoms with E-state index in [0.717, 1.165) is 0 Å². The number of aliphatic hydroxyl groups excluding tert-OH is 1.